The van der Waals surface area contributed by atoms with Gasteiger partial charge in [0.25, 0.3) is 5.69 Å². The number of nitro groups is 1. The van der Waals surface area contributed by atoms with Gasteiger partial charge in [-0.25, -0.2) is 5.01 Å². The fourth-order valence-electron chi connectivity index (χ4n) is 1.65. The van der Waals surface area contributed by atoms with Gasteiger partial charge in [-0.05, 0) is 6.07 Å². The molecule has 0 atom stereocenters. The van der Waals surface area contributed by atoms with Gasteiger partial charge in [0, 0.05) is 19.0 Å². The summed E-state index contributed by atoms with van der Waals surface area (Å²) in [5.41, 5.74) is 1.21. The molecule has 0 saturated carbocycles. The molecular weight excluding hydrogens is 186 g/mol. The first kappa shape index (κ1) is 8.61. The number of nitro benzene ring substituents is 1. The van der Waals surface area contributed by atoms with E-state index in [1.807, 2.05) is 0 Å². The van der Waals surface area contributed by atoms with E-state index in [0.717, 1.165) is 0 Å². The van der Waals surface area contributed by atoms with Crippen molar-refractivity contribution in [2.75, 3.05) is 11.6 Å². The number of fused-ring (bicyclic) bond motifs is 1. The molecular formula is C8H7N3O3. The summed E-state index contributed by atoms with van der Waals surface area (Å²) in [5, 5.41) is 14.7. The maximum Gasteiger partial charge on any atom is 0.274 e. The van der Waals surface area contributed by atoms with E-state index in [4.69, 9.17) is 0 Å². The standard InChI is InChI=1S/C8H7N3O3/c12-9-10-5-4-6-7(10)2-1-3-8(6)11(13)14/h1-3H,4-5H2. The summed E-state index contributed by atoms with van der Waals surface area (Å²) in [7, 11) is 0. The van der Waals surface area contributed by atoms with Crippen molar-refractivity contribution in [3.8, 4) is 0 Å². The van der Waals surface area contributed by atoms with Crippen molar-refractivity contribution in [1.82, 2.24) is 0 Å². The third kappa shape index (κ3) is 1.12. The molecule has 0 spiro atoms. The van der Waals surface area contributed by atoms with Crippen molar-refractivity contribution in [2.24, 2.45) is 5.29 Å². The Kier molecular flexibility index (Phi) is 1.88. The molecule has 2 rings (SSSR count). The van der Waals surface area contributed by atoms with Crippen LogP contribution < -0.4 is 5.01 Å². The molecule has 0 unspecified atom stereocenters. The van der Waals surface area contributed by atoms with Crippen LogP contribution in [0.15, 0.2) is 23.5 Å². The monoisotopic (exact) mass is 193 g/mol. The largest absolute Gasteiger partial charge is 0.274 e. The summed E-state index contributed by atoms with van der Waals surface area (Å²) in [4.78, 5) is 20.6. The molecule has 6 nitrogen and oxygen atoms in total. The van der Waals surface area contributed by atoms with Gasteiger partial charge in [-0.15, -0.1) is 4.91 Å². The van der Waals surface area contributed by atoms with E-state index in [2.05, 4.69) is 5.29 Å². The summed E-state index contributed by atoms with van der Waals surface area (Å²) >= 11 is 0. The molecule has 0 fully saturated rings. The molecule has 1 aliphatic heterocycles. The Balaban J connectivity index is 2.55. The average Bonchev–Trinajstić information content (AvgIpc) is 2.59. The van der Waals surface area contributed by atoms with E-state index in [-0.39, 0.29) is 5.69 Å². The Morgan fingerprint density at radius 2 is 2.29 bits per heavy atom. The van der Waals surface area contributed by atoms with Crippen molar-refractivity contribution in [3.05, 3.63) is 38.8 Å². The second-order valence-corrected chi connectivity index (χ2v) is 2.99. The van der Waals surface area contributed by atoms with Gasteiger partial charge < -0.3 is 0 Å². The maximum atomic E-state index is 10.6. The van der Waals surface area contributed by atoms with E-state index in [1.54, 1.807) is 12.1 Å². The molecule has 0 bridgehead atoms. The topological polar surface area (TPSA) is 75.8 Å². The molecule has 0 N–H and O–H groups in total. The molecule has 72 valence electrons. The van der Waals surface area contributed by atoms with Crippen LogP contribution in [0.25, 0.3) is 0 Å². The lowest BCUT2D eigenvalue weighted by Crippen LogP contribution is -2.10. The van der Waals surface area contributed by atoms with Crippen LogP contribution in [-0.2, 0) is 6.42 Å². The van der Waals surface area contributed by atoms with Gasteiger partial charge in [0.1, 0.15) is 0 Å². The quantitative estimate of drug-likeness (QED) is 0.406. The third-order valence-corrected chi connectivity index (χ3v) is 2.27. The summed E-state index contributed by atoms with van der Waals surface area (Å²) in [6.45, 7) is 0.420. The van der Waals surface area contributed by atoms with Gasteiger partial charge in [-0.1, -0.05) is 6.07 Å². The van der Waals surface area contributed by atoms with Gasteiger partial charge in [-0.2, -0.15) is 0 Å². The van der Waals surface area contributed by atoms with E-state index in [1.165, 1.54) is 11.1 Å². The first-order valence-electron chi connectivity index (χ1n) is 4.11. The summed E-state index contributed by atoms with van der Waals surface area (Å²) in [5.74, 6) is 0. The van der Waals surface area contributed by atoms with Crippen LogP contribution in [0, 0.1) is 15.0 Å². The lowest BCUT2D eigenvalue weighted by atomic mass is 10.1. The van der Waals surface area contributed by atoms with Crippen molar-refractivity contribution >= 4 is 11.4 Å². The second-order valence-electron chi connectivity index (χ2n) is 2.99. The highest BCUT2D eigenvalue weighted by Crippen LogP contribution is 2.34. The van der Waals surface area contributed by atoms with E-state index in [0.29, 0.717) is 24.2 Å². The normalized spacial score (nSPS) is 13.9. The highest BCUT2D eigenvalue weighted by Gasteiger charge is 2.27. The van der Waals surface area contributed by atoms with Crippen LogP contribution in [0.4, 0.5) is 11.4 Å². The fourth-order valence-corrected chi connectivity index (χ4v) is 1.65. The van der Waals surface area contributed by atoms with Gasteiger partial charge in [0.05, 0.1) is 21.5 Å². The van der Waals surface area contributed by atoms with Crippen LogP contribution in [0.5, 0.6) is 0 Å². The van der Waals surface area contributed by atoms with Crippen LogP contribution in [0.2, 0.25) is 0 Å². The molecule has 1 aromatic rings. The number of benzene rings is 1. The lowest BCUT2D eigenvalue weighted by Gasteiger charge is -2.06. The second kappa shape index (κ2) is 3.06. The Labute approximate surface area is 79.2 Å². The van der Waals surface area contributed by atoms with Crippen LogP contribution in [0.3, 0.4) is 0 Å². The number of hydrogen-bond donors (Lipinski definition) is 0. The first-order chi connectivity index (χ1) is 6.74. The van der Waals surface area contributed by atoms with Crippen molar-refractivity contribution in [1.29, 1.82) is 0 Å². The van der Waals surface area contributed by atoms with Crippen LogP contribution in [0.1, 0.15) is 5.56 Å². The van der Waals surface area contributed by atoms with Gasteiger partial charge >= 0.3 is 0 Å². The SMILES string of the molecule is O=NN1CCc2c1cccc2[N+](=O)[O-]. The van der Waals surface area contributed by atoms with E-state index < -0.39 is 4.92 Å². The predicted octanol–water partition coefficient (Wildman–Crippen LogP) is 1.64. The minimum Gasteiger partial charge on any atom is -0.258 e. The average molecular weight is 193 g/mol. The highest BCUT2D eigenvalue weighted by molar-refractivity contribution is 5.65. The summed E-state index contributed by atoms with van der Waals surface area (Å²) in [6.07, 6.45) is 0.498. The lowest BCUT2D eigenvalue weighted by molar-refractivity contribution is -0.385. The molecule has 6 heteroatoms. The minimum atomic E-state index is -0.437. The van der Waals surface area contributed by atoms with Crippen molar-refractivity contribution < 1.29 is 4.92 Å². The predicted molar refractivity (Wildman–Crippen MR) is 49.9 cm³/mol. The number of anilines is 1. The van der Waals surface area contributed by atoms with Gasteiger partial charge in [-0.3, -0.25) is 10.1 Å². The zero-order chi connectivity index (χ0) is 10.1. The van der Waals surface area contributed by atoms with E-state index >= 15 is 0 Å². The molecule has 0 amide bonds. The summed E-state index contributed by atoms with van der Waals surface area (Å²) < 4.78 is 0. The Morgan fingerprint density at radius 1 is 1.50 bits per heavy atom. The Hall–Kier alpha value is -1.98. The molecule has 0 aliphatic carbocycles. The molecule has 1 aromatic carbocycles. The smallest absolute Gasteiger partial charge is 0.258 e. The number of hydrogen-bond acceptors (Lipinski definition) is 4. The number of nitrogens with zero attached hydrogens (tertiary/aromatic N) is 3. The number of rotatable bonds is 2. The van der Waals surface area contributed by atoms with Crippen LogP contribution >= 0.6 is 0 Å². The fraction of sp³-hybridized carbons (Fsp3) is 0.250. The Morgan fingerprint density at radius 3 is 2.93 bits per heavy atom. The zero-order valence-corrected chi connectivity index (χ0v) is 7.21. The van der Waals surface area contributed by atoms with E-state index in [9.17, 15) is 15.0 Å². The maximum absolute atomic E-state index is 10.6. The number of nitroso groups, excluding NO2 is 1. The molecule has 14 heavy (non-hydrogen) atoms. The van der Waals surface area contributed by atoms with Gasteiger partial charge in [0.2, 0.25) is 0 Å². The summed E-state index contributed by atoms with van der Waals surface area (Å²) in [6, 6.07) is 4.66. The van der Waals surface area contributed by atoms with Crippen LogP contribution in [-0.4, -0.2) is 11.5 Å². The molecule has 0 saturated heterocycles. The van der Waals surface area contributed by atoms with Gasteiger partial charge in [0.15, 0.2) is 0 Å². The first-order valence-corrected chi connectivity index (χ1v) is 4.11. The Bertz CT molecular complexity index is 405. The molecule has 0 radical (unpaired) electrons. The zero-order valence-electron chi connectivity index (χ0n) is 7.21. The van der Waals surface area contributed by atoms with Crippen molar-refractivity contribution in [3.63, 3.8) is 0 Å². The third-order valence-electron chi connectivity index (χ3n) is 2.27. The molecule has 0 aromatic heterocycles. The minimum absolute atomic E-state index is 0.0636. The molecule has 1 aliphatic rings. The van der Waals surface area contributed by atoms with Crippen molar-refractivity contribution in [2.45, 2.75) is 6.42 Å². The molecule has 1 heterocycles. The highest BCUT2D eigenvalue weighted by atomic mass is 16.6.